The summed E-state index contributed by atoms with van der Waals surface area (Å²) in [5.41, 5.74) is 0. The first-order valence-electron chi connectivity index (χ1n) is 7.15. The Bertz CT molecular complexity index is 128. The average Bonchev–Trinajstić information content (AvgIpc) is 2.22. The van der Waals surface area contributed by atoms with Crippen LogP contribution in [0.25, 0.3) is 0 Å². The highest BCUT2D eigenvalue weighted by atomic mass is 14.2. The molecule has 0 rings (SSSR count). The van der Waals surface area contributed by atoms with Gasteiger partial charge in [0.05, 0.1) is 0 Å². The van der Waals surface area contributed by atoms with Crippen molar-refractivity contribution in [2.45, 2.75) is 79.6 Å². The van der Waals surface area contributed by atoms with Crippen LogP contribution in [0.5, 0.6) is 0 Å². The van der Waals surface area contributed by atoms with Crippen LogP contribution in [0.15, 0.2) is 0 Å². The monoisotopic (exact) mass is 212 g/mol. The highest BCUT2D eigenvalue weighted by molar-refractivity contribution is 4.68. The van der Waals surface area contributed by atoms with Gasteiger partial charge in [-0.2, -0.15) is 0 Å². The second-order valence-corrected chi connectivity index (χ2v) is 5.42. The lowest BCUT2D eigenvalue weighted by atomic mass is 9.80. The molecule has 0 aromatic heterocycles. The Morgan fingerprint density at radius 2 is 1.53 bits per heavy atom. The van der Waals surface area contributed by atoms with Crippen molar-refractivity contribution in [2.75, 3.05) is 0 Å². The van der Waals surface area contributed by atoms with Gasteiger partial charge in [-0.15, -0.1) is 0 Å². The molecule has 0 N–H and O–H groups in total. The van der Waals surface area contributed by atoms with E-state index in [2.05, 4.69) is 34.6 Å². The van der Waals surface area contributed by atoms with Crippen LogP contribution in [0.3, 0.4) is 0 Å². The van der Waals surface area contributed by atoms with Crippen molar-refractivity contribution in [3.63, 3.8) is 0 Å². The van der Waals surface area contributed by atoms with Crippen molar-refractivity contribution < 1.29 is 0 Å². The van der Waals surface area contributed by atoms with Crippen molar-refractivity contribution in [3.05, 3.63) is 0 Å². The Balaban J connectivity index is 3.88. The Kier molecular flexibility index (Phi) is 9.24. The van der Waals surface area contributed by atoms with Gasteiger partial charge in [0, 0.05) is 0 Å². The van der Waals surface area contributed by atoms with E-state index in [0.717, 1.165) is 17.8 Å². The number of hydrogen-bond acceptors (Lipinski definition) is 0. The summed E-state index contributed by atoms with van der Waals surface area (Å²) >= 11 is 0. The zero-order valence-electron chi connectivity index (χ0n) is 11.7. The predicted molar refractivity (Wildman–Crippen MR) is 71.2 cm³/mol. The van der Waals surface area contributed by atoms with Crippen LogP contribution in [0.4, 0.5) is 0 Å². The molecule has 0 saturated heterocycles. The Morgan fingerprint density at radius 3 is 2.00 bits per heavy atom. The van der Waals surface area contributed by atoms with Gasteiger partial charge < -0.3 is 0 Å². The largest absolute Gasteiger partial charge is 0.0654 e. The summed E-state index contributed by atoms with van der Waals surface area (Å²) in [5.74, 6) is 2.84. The first-order valence-corrected chi connectivity index (χ1v) is 7.15. The van der Waals surface area contributed by atoms with E-state index in [9.17, 15) is 0 Å². The second kappa shape index (κ2) is 9.24. The summed E-state index contributed by atoms with van der Waals surface area (Å²) in [4.78, 5) is 0. The molecule has 0 spiro atoms. The van der Waals surface area contributed by atoms with Gasteiger partial charge in [-0.05, 0) is 24.2 Å². The quantitative estimate of drug-likeness (QED) is 0.462. The molecule has 92 valence electrons. The molecule has 0 radical (unpaired) electrons. The van der Waals surface area contributed by atoms with Gasteiger partial charge in [-0.25, -0.2) is 0 Å². The lowest BCUT2D eigenvalue weighted by Gasteiger charge is -2.25. The summed E-state index contributed by atoms with van der Waals surface area (Å²) in [5, 5.41) is 0. The molecule has 15 heavy (non-hydrogen) atoms. The summed E-state index contributed by atoms with van der Waals surface area (Å²) in [7, 11) is 0. The zero-order chi connectivity index (χ0) is 11.7. The van der Waals surface area contributed by atoms with E-state index in [1.54, 1.807) is 0 Å². The molecule has 3 atom stereocenters. The summed E-state index contributed by atoms with van der Waals surface area (Å²) in [6, 6.07) is 0. The third-order valence-electron chi connectivity index (χ3n) is 3.83. The lowest BCUT2D eigenvalue weighted by molar-refractivity contribution is 0.259. The Hall–Kier alpha value is 0. The molecule has 0 nitrogen and oxygen atoms in total. The third kappa shape index (κ3) is 6.98. The fourth-order valence-electron chi connectivity index (χ4n) is 2.69. The maximum Gasteiger partial charge on any atom is -0.0389 e. The first kappa shape index (κ1) is 15.0. The minimum absolute atomic E-state index is 0.934. The maximum absolute atomic E-state index is 2.46. The molecule has 0 aliphatic heterocycles. The van der Waals surface area contributed by atoms with Crippen molar-refractivity contribution in [2.24, 2.45) is 17.8 Å². The highest BCUT2D eigenvalue weighted by Crippen LogP contribution is 2.28. The van der Waals surface area contributed by atoms with E-state index in [-0.39, 0.29) is 0 Å². The van der Waals surface area contributed by atoms with Crippen molar-refractivity contribution >= 4 is 0 Å². The van der Waals surface area contributed by atoms with Gasteiger partial charge in [0.1, 0.15) is 0 Å². The number of unbranched alkanes of at least 4 members (excludes halogenated alkanes) is 1. The molecule has 0 aliphatic rings. The van der Waals surface area contributed by atoms with Gasteiger partial charge in [0.15, 0.2) is 0 Å². The van der Waals surface area contributed by atoms with Crippen LogP contribution in [0, 0.1) is 17.8 Å². The van der Waals surface area contributed by atoms with E-state index in [0.29, 0.717) is 0 Å². The highest BCUT2D eigenvalue weighted by Gasteiger charge is 2.17. The van der Waals surface area contributed by atoms with E-state index in [1.807, 2.05) is 0 Å². The Labute approximate surface area is 97.8 Å². The molecule has 0 saturated carbocycles. The molecule has 0 aromatic rings. The van der Waals surface area contributed by atoms with Gasteiger partial charge in [0.2, 0.25) is 0 Å². The first-order chi connectivity index (χ1) is 7.15. The third-order valence-corrected chi connectivity index (χ3v) is 3.83. The van der Waals surface area contributed by atoms with Crippen LogP contribution in [-0.4, -0.2) is 0 Å². The van der Waals surface area contributed by atoms with Gasteiger partial charge in [-0.1, -0.05) is 73.1 Å². The lowest BCUT2D eigenvalue weighted by Crippen LogP contribution is -2.14. The van der Waals surface area contributed by atoms with Crippen LogP contribution in [0.2, 0.25) is 0 Å². The molecule has 0 bridgehead atoms. The second-order valence-electron chi connectivity index (χ2n) is 5.42. The molecule has 0 fully saturated rings. The van der Waals surface area contributed by atoms with E-state index < -0.39 is 0 Å². The molecule has 0 heterocycles. The van der Waals surface area contributed by atoms with E-state index in [1.165, 1.54) is 44.9 Å². The van der Waals surface area contributed by atoms with Crippen LogP contribution < -0.4 is 0 Å². The van der Waals surface area contributed by atoms with Crippen LogP contribution in [-0.2, 0) is 0 Å². The minimum Gasteiger partial charge on any atom is -0.0654 e. The standard InChI is InChI=1S/C15H32/c1-6-9-11-14(5)15(8-3)12-13(4)10-7-2/h13-15H,6-12H2,1-5H3. The molecule has 0 aromatic carbocycles. The summed E-state index contributed by atoms with van der Waals surface area (Å²) < 4.78 is 0. The maximum atomic E-state index is 2.46. The molecular weight excluding hydrogens is 180 g/mol. The molecule has 0 amide bonds. The zero-order valence-corrected chi connectivity index (χ0v) is 11.7. The summed E-state index contributed by atoms with van der Waals surface area (Å²) in [6.07, 6.45) is 9.80. The van der Waals surface area contributed by atoms with Crippen molar-refractivity contribution in [1.82, 2.24) is 0 Å². The van der Waals surface area contributed by atoms with Gasteiger partial charge >= 0.3 is 0 Å². The predicted octanol–water partition coefficient (Wildman–Crippen LogP) is 5.67. The Morgan fingerprint density at radius 1 is 0.867 bits per heavy atom. The average molecular weight is 212 g/mol. The van der Waals surface area contributed by atoms with E-state index in [4.69, 9.17) is 0 Å². The number of rotatable bonds is 9. The fourth-order valence-corrected chi connectivity index (χ4v) is 2.69. The molecular formula is C15H32. The molecule has 0 heteroatoms. The summed E-state index contributed by atoms with van der Waals surface area (Å²) in [6.45, 7) is 11.9. The number of hydrogen-bond donors (Lipinski definition) is 0. The molecule has 3 unspecified atom stereocenters. The van der Waals surface area contributed by atoms with Crippen molar-refractivity contribution in [1.29, 1.82) is 0 Å². The van der Waals surface area contributed by atoms with E-state index >= 15 is 0 Å². The van der Waals surface area contributed by atoms with Crippen LogP contribution in [0.1, 0.15) is 79.6 Å². The molecule has 0 aliphatic carbocycles. The smallest absolute Gasteiger partial charge is 0.0389 e. The van der Waals surface area contributed by atoms with Crippen LogP contribution >= 0.6 is 0 Å². The van der Waals surface area contributed by atoms with Gasteiger partial charge in [0.25, 0.3) is 0 Å². The topological polar surface area (TPSA) is 0 Å². The van der Waals surface area contributed by atoms with Gasteiger partial charge in [-0.3, -0.25) is 0 Å². The normalized spacial score (nSPS) is 17.4. The SMILES string of the molecule is CCCCC(C)C(CC)CC(C)CCC. The minimum atomic E-state index is 0.934. The van der Waals surface area contributed by atoms with Crippen molar-refractivity contribution in [3.8, 4) is 0 Å². The fraction of sp³-hybridized carbons (Fsp3) is 1.00.